The molecule has 0 amide bonds. The Morgan fingerprint density at radius 3 is 2.61 bits per heavy atom. The van der Waals surface area contributed by atoms with Crippen LogP contribution < -0.4 is 5.32 Å². The van der Waals surface area contributed by atoms with E-state index in [0.717, 1.165) is 32.3 Å². The molecule has 1 aliphatic heterocycles. The maximum atomic E-state index is 12.0. The zero-order chi connectivity index (χ0) is 13.1. The van der Waals surface area contributed by atoms with Crippen molar-refractivity contribution in [1.29, 1.82) is 0 Å². The van der Waals surface area contributed by atoms with Crippen molar-refractivity contribution in [2.45, 2.75) is 69.2 Å². The first-order valence-electron chi connectivity index (χ1n) is 6.93. The van der Waals surface area contributed by atoms with Crippen molar-refractivity contribution in [3.63, 3.8) is 0 Å². The summed E-state index contributed by atoms with van der Waals surface area (Å²) < 4.78 is 41.9. The van der Waals surface area contributed by atoms with Crippen LogP contribution in [0.2, 0.25) is 0 Å². The molecule has 106 valence electrons. The van der Waals surface area contributed by atoms with Crippen LogP contribution >= 0.6 is 0 Å². The molecule has 1 atom stereocenters. The van der Waals surface area contributed by atoms with Gasteiger partial charge in [0.1, 0.15) is 0 Å². The SMILES string of the molecule is FC(F)(F)CCCNC1CCOC2(CCCC2)C1. The molecule has 1 saturated carbocycles. The Balaban J connectivity index is 1.67. The van der Waals surface area contributed by atoms with Gasteiger partial charge < -0.3 is 10.1 Å². The van der Waals surface area contributed by atoms with E-state index >= 15 is 0 Å². The normalized spacial score (nSPS) is 27.8. The van der Waals surface area contributed by atoms with E-state index in [-0.39, 0.29) is 12.0 Å². The molecule has 0 aromatic rings. The van der Waals surface area contributed by atoms with Crippen LogP contribution in [0.25, 0.3) is 0 Å². The Morgan fingerprint density at radius 2 is 1.94 bits per heavy atom. The van der Waals surface area contributed by atoms with E-state index in [4.69, 9.17) is 4.74 Å². The first kappa shape index (κ1) is 14.1. The summed E-state index contributed by atoms with van der Waals surface area (Å²) in [6, 6.07) is 0.338. The summed E-state index contributed by atoms with van der Waals surface area (Å²) in [5, 5.41) is 3.27. The molecule has 18 heavy (non-hydrogen) atoms. The number of hydrogen-bond donors (Lipinski definition) is 1. The molecule has 1 spiro atoms. The molecular formula is C13H22F3NO. The molecule has 2 rings (SSSR count). The van der Waals surface area contributed by atoms with Crippen molar-refractivity contribution >= 4 is 0 Å². The van der Waals surface area contributed by atoms with Gasteiger partial charge in [-0.2, -0.15) is 13.2 Å². The molecule has 5 heteroatoms. The number of rotatable bonds is 4. The second-order valence-corrected chi connectivity index (χ2v) is 5.60. The van der Waals surface area contributed by atoms with Gasteiger partial charge >= 0.3 is 6.18 Å². The van der Waals surface area contributed by atoms with Gasteiger partial charge in [-0.15, -0.1) is 0 Å². The second-order valence-electron chi connectivity index (χ2n) is 5.60. The lowest BCUT2D eigenvalue weighted by Crippen LogP contribution is -2.45. The van der Waals surface area contributed by atoms with Crippen molar-refractivity contribution in [3.05, 3.63) is 0 Å². The minimum absolute atomic E-state index is 0.0416. The van der Waals surface area contributed by atoms with E-state index in [1.54, 1.807) is 0 Å². The zero-order valence-electron chi connectivity index (χ0n) is 10.7. The molecule has 1 heterocycles. The summed E-state index contributed by atoms with van der Waals surface area (Å²) in [5.74, 6) is 0. The quantitative estimate of drug-likeness (QED) is 0.786. The smallest absolute Gasteiger partial charge is 0.375 e. The van der Waals surface area contributed by atoms with Crippen molar-refractivity contribution in [2.75, 3.05) is 13.2 Å². The fourth-order valence-corrected chi connectivity index (χ4v) is 3.16. The standard InChI is InChI=1S/C13H22F3NO/c14-13(15,16)7-3-8-17-11-4-9-18-12(10-11)5-1-2-6-12/h11,17H,1-10H2. The molecule has 1 N–H and O–H groups in total. The minimum Gasteiger partial charge on any atom is -0.375 e. The maximum absolute atomic E-state index is 12.0. The molecule has 0 bridgehead atoms. The average molecular weight is 265 g/mol. The van der Waals surface area contributed by atoms with Crippen LogP contribution in [0, 0.1) is 0 Å². The van der Waals surface area contributed by atoms with Crippen LogP contribution in [-0.4, -0.2) is 31.0 Å². The predicted molar refractivity (Wildman–Crippen MR) is 63.5 cm³/mol. The first-order valence-corrected chi connectivity index (χ1v) is 6.93. The highest BCUT2D eigenvalue weighted by Crippen LogP contribution is 2.39. The number of ether oxygens (including phenoxy) is 1. The largest absolute Gasteiger partial charge is 0.389 e. The van der Waals surface area contributed by atoms with Gasteiger partial charge in [-0.1, -0.05) is 12.8 Å². The number of halogens is 3. The number of alkyl halides is 3. The van der Waals surface area contributed by atoms with E-state index in [2.05, 4.69) is 5.32 Å². The van der Waals surface area contributed by atoms with E-state index in [9.17, 15) is 13.2 Å². The van der Waals surface area contributed by atoms with Crippen LogP contribution in [0.4, 0.5) is 13.2 Å². The van der Waals surface area contributed by atoms with Crippen molar-refractivity contribution in [1.82, 2.24) is 5.32 Å². The molecule has 0 radical (unpaired) electrons. The third-order valence-electron chi connectivity index (χ3n) is 4.08. The zero-order valence-corrected chi connectivity index (χ0v) is 10.7. The predicted octanol–water partition coefficient (Wildman–Crippen LogP) is 3.41. The van der Waals surface area contributed by atoms with Crippen LogP contribution in [0.3, 0.4) is 0 Å². The van der Waals surface area contributed by atoms with E-state index in [1.807, 2.05) is 0 Å². The van der Waals surface area contributed by atoms with Gasteiger partial charge in [0, 0.05) is 19.1 Å². The lowest BCUT2D eigenvalue weighted by Gasteiger charge is -2.38. The molecule has 0 aromatic carbocycles. The fraction of sp³-hybridized carbons (Fsp3) is 1.00. The lowest BCUT2D eigenvalue weighted by molar-refractivity contribution is -0.135. The van der Waals surface area contributed by atoms with E-state index in [0.29, 0.717) is 12.6 Å². The monoisotopic (exact) mass is 265 g/mol. The average Bonchev–Trinajstić information content (AvgIpc) is 2.72. The van der Waals surface area contributed by atoms with Gasteiger partial charge in [0.05, 0.1) is 5.60 Å². The maximum Gasteiger partial charge on any atom is 0.389 e. The Labute approximate surface area is 106 Å². The summed E-state index contributed by atoms with van der Waals surface area (Å²) in [5.41, 5.74) is 0.0416. The molecule has 2 aliphatic rings. The summed E-state index contributed by atoms with van der Waals surface area (Å²) in [6.07, 6.45) is 2.04. The summed E-state index contributed by atoms with van der Waals surface area (Å²) in [7, 11) is 0. The van der Waals surface area contributed by atoms with Crippen LogP contribution in [-0.2, 0) is 4.74 Å². The van der Waals surface area contributed by atoms with Crippen molar-refractivity contribution < 1.29 is 17.9 Å². The van der Waals surface area contributed by atoms with Gasteiger partial charge in [0.25, 0.3) is 0 Å². The Kier molecular flexibility index (Phi) is 4.54. The highest BCUT2D eigenvalue weighted by Gasteiger charge is 2.39. The third-order valence-corrected chi connectivity index (χ3v) is 4.08. The molecule has 1 unspecified atom stereocenters. The first-order chi connectivity index (χ1) is 8.49. The van der Waals surface area contributed by atoms with Gasteiger partial charge in [0.2, 0.25) is 0 Å². The Morgan fingerprint density at radius 1 is 1.22 bits per heavy atom. The van der Waals surface area contributed by atoms with Gasteiger partial charge in [-0.25, -0.2) is 0 Å². The molecule has 1 saturated heterocycles. The van der Waals surface area contributed by atoms with Crippen LogP contribution in [0.1, 0.15) is 51.4 Å². The summed E-state index contributed by atoms with van der Waals surface area (Å²) in [4.78, 5) is 0. The summed E-state index contributed by atoms with van der Waals surface area (Å²) in [6.45, 7) is 1.21. The topological polar surface area (TPSA) is 21.3 Å². The second kappa shape index (κ2) is 5.78. The lowest BCUT2D eigenvalue weighted by atomic mass is 9.89. The molecule has 1 aliphatic carbocycles. The Bertz CT molecular complexity index is 261. The highest BCUT2D eigenvalue weighted by atomic mass is 19.4. The molecule has 2 fully saturated rings. The minimum atomic E-state index is -4.02. The third kappa shape index (κ3) is 4.12. The Hall–Kier alpha value is -0.290. The van der Waals surface area contributed by atoms with Gasteiger partial charge in [-0.05, 0) is 38.6 Å². The number of hydrogen-bond acceptors (Lipinski definition) is 2. The van der Waals surface area contributed by atoms with E-state index < -0.39 is 12.6 Å². The highest BCUT2D eigenvalue weighted by molar-refractivity contribution is 4.93. The van der Waals surface area contributed by atoms with Gasteiger partial charge in [0.15, 0.2) is 0 Å². The molecule has 2 nitrogen and oxygen atoms in total. The van der Waals surface area contributed by atoms with Crippen LogP contribution in [0.15, 0.2) is 0 Å². The number of nitrogens with one attached hydrogen (secondary N) is 1. The summed E-state index contributed by atoms with van der Waals surface area (Å²) >= 11 is 0. The van der Waals surface area contributed by atoms with Gasteiger partial charge in [-0.3, -0.25) is 0 Å². The van der Waals surface area contributed by atoms with Crippen molar-refractivity contribution in [2.24, 2.45) is 0 Å². The van der Waals surface area contributed by atoms with Crippen molar-refractivity contribution in [3.8, 4) is 0 Å². The molecule has 0 aromatic heterocycles. The van der Waals surface area contributed by atoms with E-state index in [1.165, 1.54) is 12.8 Å². The fourth-order valence-electron chi connectivity index (χ4n) is 3.16. The molecular weight excluding hydrogens is 243 g/mol. The van der Waals surface area contributed by atoms with Crippen LogP contribution in [0.5, 0.6) is 0 Å².